The minimum absolute atomic E-state index is 1.01. The van der Waals surface area contributed by atoms with Crippen molar-refractivity contribution in [2.75, 3.05) is 32.7 Å². The van der Waals surface area contributed by atoms with Crippen molar-refractivity contribution in [2.24, 2.45) is 5.92 Å². The van der Waals surface area contributed by atoms with E-state index in [0.29, 0.717) is 0 Å². The van der Waals surface area contributed by atoms with E-state index in [9.17, 15) is 0 Å². The smallest absolute Gasteiger partial charge is 0.00101 e. The summed E-state index contributed by atoms with van der Waals surface area (Å²) >= 11 is 0. The van der Waals surface area contributed by atoms with Crippen LogP contribution in [0.2, 0.25) is 0 Å². The molecule has 1 saturated heterocycles. The van der Waals surface area contributed by atoms with Crippen LogP contribution in [0, 0.1) is 5.92 Å². The fraction of sp³-hybridized carbons (Fsp3) is 1.00. The monoisotopic (exact) mass is 226 g/mol. The molecule has 0 radical (unpaired) electrons. The molecule has 0 spiro atoms. The molecule has 96 valence electrons. The Balaban J connectivity index is 1.90. The Kier molecular flexibility index (Phi) is 7.87. The summed E-state index contributed by atoms with van der Waals surface area (Å²) in [6, 6.07) is 0. The van der Waals surface area contributed by atoms with E-state index in [2.05, 4.69) is 24.1 Å². The first-order chi connectivity index (χ1) is 7.86. The summed E-state index contributed by atoms with van der Waals surface area (Å²) in [6.07, 6.45) is 8.38. The highest BCUT2D eigenvalue weighted by atomic mass is 15.1. The second kappa shape index (κ2) is 9.00. The third-order valence-electron chi connectivity index (χ3n) is 3.64. The summed E-state index contributed by atoms with van der Waals surface area (Å²) in [5, 5.41) is 3.39. The molecular weight excluding hydrogens is 196 g/mol. The maximum absolute atomic E-state index is 3.39. The van der Waals surface area contributed by atoms with Crippen LogP contribution in [0.5, 0.6) is 0 Å². The van der Waals surface area contributed by atoms with E-state index in [0.717, 1.165) is 12.5 Å². The van der Waals surface area contributed by atoms with E-state index >= 15 is 0 Å². The molecule has 0 bridgehead atoms. The second-order valence-corrected chi connectivity index (χ2v) is 5.16. The first-order valence-electron chi connectivity index (χ1n) is 7.29. The van der Waals surface area contributed by atoms with Crippen LogP contribution in [0.3, 0.4) is 0 Å². The zero-order valence-corrected chi connectivity index (χ0v) is 11.3. The van der Waals surface area contributed by atoms with Gasteiger partial charge in [0.15, 0.2) is 0 Å². The van der Waals surface area contributed by atoms with Gasteiger partial charge in [-0.15, -0.1) is 0 Å². The van der Waals surface area contributed by atoms with E-state index in [1.165, 1.54) is 64.7 Å². The summed E-state index contributed by atoms with van der Waals surface area (Å²) in [5.41, 5.74) is 0. The topological polar surface area (TPSA) is 15.3 Å². The van der Waals surface area contributed by atoms with E-state index in [-0.39, 0.29) is 0 Å². The molecule has 1 atom stereocenters. The number of likely N-dealkylation sites (tertiary alicyclic amines) is 1. The van der Waals surface area contributed by atoms with Gasteiger partial charge in [-0.2, -0.15) is 0 Å². The Morgan fingerprint density at radius 3 is 2.81 bits per heavy atom. The predicted molar refractivity (Wildman–Crippen MR) is 71.8 cm³/mol. The fourth-order valence-electron chi connectivity index (χ4n) is 2.70. The molecule has 0 amide bonds. The van der Waals surface area contributed by atoms with E-state index in [1.54, 1.807) is 0 Å². The molecule has 1 aliphatic rings. The Hall–Kier alpha value is -0.0800. The molecule has 0 aromatic rings. The largest absolute Gasteiger partial charge is 0.317 e. The minimum Gasteiger partial charge on any atom is -0.317 e. The van der Waals surface area contributed by atoms with Crippen LogP contribution in [0.25, 0.3) is 0 Å². The van der Waals surface area contributed by atoms with Crippen molar-refractivity contribution in [3.05, 3.63) is 0 Å². The second-order valence-electron chi connectivity index (χ2n) is 5.16. The standard InChI is InChI=1S/C14H30N2/c1-3-8-14-9-12-16(13-14)11-7-5-6-10-15-4-2/h14-15H,3-13H2,1-2H3. The summed E-state index contributed by atoms with van der Waals surface area (Å²) in [6.45, 7) is 10.9. The van der Waals surface area contributed by atoms with Crippen LogP contribution in [0.4, 0.5) is 0 Å². The van der Waals surface area contributed by atoms with Gasteiger partial charge >= 0.3 is 0 Å². The fourth-order valence-corrected chi connectivity index (χ4v) is 2.70. The summed E-state index contributed by atoms with van der Waals surface area (Å²) in [4.78, 5) is 2.67. The van der Waals surface area contributed by atoms with Crippen molar-refractivity contribution in [2.45, 2.75) is 52.4 Å². The van der Waals surface area contributed by atoms with Crippen LogP contribution in [0.1, 0.15) is 52.4 Å². The van der Waals surface area contributed by atoms with E-state index in [4.69, 9.17) is 0 Å². The highest BCUT2D eigenvalue weighted by Gasteiger charge is 2.20. The lowest BCUT2D eigenvalue weighted by molar-refractivity contribution is 0.311. The van der Waals surface area contributed by atoms with Crippen LogP contribution in [-0.4, -0.2) is 37.6 Å². The number of rotatable bonds is 9. The first kappa shape index (κ1) is 14.0. The van der Waals surface area contributed by atoms with E-state index in [1.807, 2.05) is 0 Å². The maximum atomic E-state index is 3.39. The molecule has 1 N–H and O–H groups in total. The van der Waals surface area contributed by atoms with Crippen molar-refractivity contribution in [1.82, 2.24) is 10.2 Å². The molecule has 0 aromatic heterocycles. The van der Waals surface area contributed by atoms with Crippen LogP contribution in [-0.2, 0) is 0 Å². The Bertz CT molecular complexity index is 159. The Morgan fingerprint density at radius 1 is 1.19 bits per heavy atom. The SMILES string of the molecule is CCCC1CCN(CCCCCNCC)C1. The van der Waals surface area contributed by atoms with Crippen molar-refractivity contribution in [3.63, 3.8) is 0 Å². The lowest BCUT2D eigenvalue weighted by atomic mass is 10.0. The summed E-state index contributed by atoms with van der Waals surface area (Å²) in [7, 11) is 0. The number of nitrogens with zero attached hydrogens (tertiary/aromatic N) is 1. The third kappa shape index (κ3) is 5.86. The summed E-state index contributed by atoms with van der Waals surface area (Å²) in [5.74, 6) is 1.01. The molecule has 1 rings (SSSR count). The van der Waals surface area contributed by atoms with Gasteiger partial charge < -0.3 is 10.2 Å². The number of unbranched alkanes of at least 4 members (excludes halogenated alkanes) is 2. The lowest BCUT2D eigenvalue weighted by Gasteiger charge is -2.15. The van der Waals surface area contributed by atoms with Gasteiger partial charge in [0.2, 0.25) is 0 Å². The molecular formula is C14H30N2. The van der Waals surface area contributed by atoms with Gasteiger partial charge in [-0.1, -0.05) is 26.7 Å². The number of hydrogen-bond donors (Lipinski definition) is 1. The van der Waals surface area contributed by atoms with Gasteiger partial charge in [-0.05, 0) is 57.8 Å². The highest BCUT2D eigenvalue weighted by molar-refractivity contribution is 4.74. The molecule has 1 heterocycles. The lowest BCUT2D eigenvalue weighted by Crippen LogP contribution is -2.22. The molecule has 0 aromatic carbocycles. The Morgan fingerprint density at radius 2 is 2.06 bits per heavy atom. The number of nitrogens with one attached hydrogen (secondary N) is 1. The summed E-state index contributed by atoms with van der Waals surface area (Å²) < 4.78 is 0. The Labute approximate surface area is 102 Å². The quantitative estimate of drug-likeness (QED) is 0.608. The molecule has 2 nitrogen and oxygen atoms in total. The van der Waals surface area contributed by atoms with Gasteiger partial charge in [-0.3, -0.25) is 0 Å². The van der Waals surface area contributed by atoms with Crippen LogP contribution < -0.4 is 5.32 Å². The van der Waals surface area contributed by atoms with Gasteiger partial charge in [0, 0.05) is 6.54 Å². The van der Waals surface area contributed by atoms with Crippen molar-refractivity contribution in [3.8, 4) is 0 Å². The van der Waals surface area contributed by atoms with Gasteiger partial charge in [-0.25, -0.2) is 0 Å². The predicted octanol–water partition coefficient (Wildman–Crippen LogP) is 2.89. The van der Waals surface area contributed by atoms with Crippen molar-refractivity contribution < 1.29 is 0 Å². The number of hydrogen-bond acceptors (Lipinski definition) is 2. The molecule has 0 saturated carbocycles. The zero-order valence-electron chi connectivity index (χ0n) is 11.3. The first-order valence-corrected chi connectivity index (χ1v) is 7.29. The van der Waals surface area contributed by atoms with Crippen LogP contribution in [0.15, 0.2) is 0 Å². The van der Waals surface area contributed by atoms with Gasteiger partial charge in [0.25, 0.3) is 0 Å². The average molecular weight is 226 g/mol. The normalized spacial score (nSPS) is 21.8. The zero-order chi connectivity index (χ0) is 11.6. The van der Waals surface area contributed by atoms with Gasteiger partial charge in [0.05, 0.1) is 0 Å². The van der Waals surface area contributed by atoms with E-state index < -0.39 is 0 Å². The molecule has 16 heavy (non-hydrogen) atoms. The van der Waals surface area contributed by atoms with Gasteiger partial charge in [0.1, 0.15) is 0 Å². The average Bonchev–Trinajstić information content (AvgIpc) is 2.72. The van der Waals surface area contributed by atoms with Crippen LogP contribution >= 0.6 is 0 Å². The third-order valence-corrected chi connectivity index (χ3v) is 3.64. The molecule has 1 aliphatic heterocycles. The molecule has 0 aliphatic carbocycles. The maximum Gasteiger partial charge on any atom is 0.00101 e. The highest BCUT2D eigenvalue weighted by Crippen LogP contribution is 2.20. The van der Waals surface area contributed by atoms with Crippen molar-refractivity contribution >= 4 is 0 Å². The molecule has 1 unspecified atom stereocenters. The van der Waals surface area contributed by atoms with Crippen molar-refractivity contribution in [1.29, 1.82) is 0 Å². The molecule has 1 fully saturated rings. The minimum atomic E-state index is 1.01. The molecule has 2 heteroatoms.